The molecule has 0 amide bonds. The Balaban J connectivity index is 1.36. The Labute approximate surface area is 303 Å². The lowest BCUT2D eigenvalue weighted by Gasteiger charge is -2.21. The summed E-state index contributed by atoms with van der Waals surface area (Å²) in [6, 6.07) is 75.7. The van der Waals surface area contributed by atoms with Crippen LogP contribution in [0.1, 0.15) is 0 Å². The molecule has 242 valence electrons. The summed E-state index contributed by atoms with van der Waals surface area (Å²) in [6.45, 7) is 0. The lowest BCUT2D eigenvalue weighted by Crippen LogP contribution is -1.94. The number of benzene rings is 10. The topological polar surface area (TPSA) is 0 Å². The van der Waals surface area contributed by atoms with Crippen LogP contribution in [-0.2, 0) is 0 Å². The van der Waals surface area contributed by atoms with E-state index in [9.17, 15) is 0 Å². The van der Waals surface area contributed by atoms with E-state index in [-0.39, 0.29) is 0 Å². The van der Waals surface area contributed by atoms with Crippen molar-refractivity contribution in [3.8, 4) is 55.6 Å². The molecular formula is C52H34. The van der Waals surface area contributed by atoms with Crippen molar-refractivity contribution in [2.75, 3.05) is 0 Å². The zero-order chi connectivity index (χ0) is 34.4. The van der Waals surface area contributed by atoms with Crippen LogP contribution in [0.2, 0.25) is 0 Å². The van der Waals surface area contributed by atoms with Crippen LogP contribution in [0.25, 0.3) is 98.7 Å². The summed E-state index contributed by atoms with van der Waals surface area (Å²) >= 11 is 0. The molecule has 0 saturated heterocycles. The first-order valence-corrected chi connectivity index (χ1v) is 18.0. The molecule has 0 aliphatic rings. The van der Waals surface area contributed by atoms with Gasteiger partial charge in [0, 0.05) is 0 Å². The molecule has 0 bridgehead atoms. The Hall–Kier alpha value is -6.76. The third kappa shape index (κ3) is 5.08. The molecule has 0 heteroatoms. The minimum Gasteiger partial charge on any atom is -0.0622 e. The third-order valence-electron chi connectivity index (χ3n) is 10.6. The van der Waals surface area contributed by atoms with Crippen LogP contribution >= 0.6 is 0 Å². The molecule has 0 radical (unpaired) electrons. The predicted octanol–water partition coefficient (Wildman–Crippen LogP) is 14.6. The van der Waals surface area contributed by atoms with Crippen LogP contribution < -0.4 is 0 Å². The van der Waals surface area contributed by atoms with E-state index in [1.54, 1.807) is 0 Å². The Kier molecular flexibility index (Phi) is 7.25. The molecule has 0 nitrogen and oxygen atoms in total. The van der Waals surface area contributed by atoms with Crippen LogP contribution in [0.5, 0.6) is 0 Å². The van der Waals surface area contributed by atoms with E-state index in [0.29, 0.717) is 0 Å². The second-order valence-corrected chi connectivity index (χ2v) is 13.6. The Morgan fingerprint density at radius 3 is 1.29 bits per heavy atom. The maximum atomic E-state index is 2.43. The van der Waals surface area contributed by atoms with Crippen molar-refractivity contribution in [2.24, 2.45) is 0 Å². The van der Waals surface area contributed by atoms with Gasteiger partial charge in [0.2, 0.25) is 0 Å². The van der Waals surface area contributed by atoms with Gasteiger partial charge in [0.1, 0.15) is 0 Å². The lowest BCUT2D eigenvalue weighted by atomic mass is 9.82. The maximum absolute atomic E-state index is 2.43. The van der Waals surface area contributed by atoms with Gasteiger partial charge in [-0.1, -0.05) is 188 Å². The summed E-state index contributed by atoms with van der Waals surface area (Å²) in [4.78, 5) is 0. The van der Waals surface area contributed by atoms with Gasteiger partial charge in [-0.15, -0.1) is 0 Å². The second-order valence-electron chi connectivity index (χ2n) is 13.6. The van der Waals surface area contributed by atoms with Gasteiger partial charge >= 0.3 is 0 Å². The van der Waals surface area contributed by atoms with Crippen LogP contribution in [0.4, 0.5) is 0 Å². The summed E-state index contributed by atoms with van der Waals surface area (Å²) in [7, 11) is 0. The maximum Gasteiger partial charge on any atom is -0.00199 e. The van der Waals surface area contributed by atoms with Crippen LogP contribution in [0.3, 0.4) is 0 Å². The second kappa shape index (κ2) is 12.5. The van der Waals surface area contributed by atoms with Crippen molar-refractivity contribution in [1.82, 2.24) is 0 Å². The highest BCUT2D eigenvalue weighted by Crippen LogP contribution is 2.48. The van der Waals surface area contributed by atoms with Gasteiger partial charge in [-0.25, -0.2) is 0 Å². The fourth-order valence-corrected chi connectivity index (χ4v) is 8.18. The smallest absolute Gasteiger partial charge is 0.00199 e. The van der Waals surface area contributed by atoms with E-state index >= 15 is 0 Å². The third-order valence-corrected chi connectivity index (χ3v) is 10.6. The Morgan fingerprint density at radius 1 is 0.192 bits per heavy atom. The minimum atomic E-state index is 1.21. The van der Waals surface area contributed by atoms with Crippen molar-refractivity contribution in [1.29, 1.82) is 0 Å². The summed E-state index contributed by atoms with van der Waals surface area (Å²) in [6.07, 6.45) is 0. The molecule has 0 atom stereocenters. The quantitative estimate of drug-likeness (QED) is 0.161. The van der Waals surface area contributed by atoms with Crippen LogP contribution in [0, 0.1) is 0 Å². The standard InChI is InChI=1S/C52H34/c1-4-14-35(15-5-1)40-27-29-48-49(33-40)51(42-25-24-37-18-10-11-21-39(37)32-42)47-28-26-41(36-16-6-2-7-17-36)34-50(47)52(48)46-31-30-43(38-19-8-3-9-20-38)44-22-12-13-23-45(44)46/h1-34H. The minimum absolute atomic E-state index is 1.21. The molecule has 52 heavy (non-hydrogen) atoms. The number of hydrogen-bond donors (Lipinski definition) is 0. The highest BCUT2D eigenvalue weighted by atomic mass is 14.2. The molecule has 0 spiro atoms. The van der Waals surface area contributed by atoms with Gasteiger partial charge in [0.15, 0.2) is 0 Å². The summed E-state index contributed by atoms with van der Waals surface area (Å²) in [5, 5.41) is 10.0. The van der Waals surface area contributed by atoms with E-state index in [0.717, 1.165) is 0 Å². The Morgan fingerprint density at radius 2 is 0.654 bits per heavy atom. The molecule has 10 rings (SSSR count). The van der Waals surface area contributed by atoms with E-state index in [1.165, 1.54) is 98.7 Å². The summed E-state index contributed by atoms with van der Waals surface area (Å²) < 4.78 is 0. The molecule has 0 saturated carbocycles. The molecular weight excluding hydrogens is 625 g/mol. The molecule has 10 aromatic rings. The average Bonchev–Trinajstić information content (AvgIpc) is 3.23. The molecule has 0 N–H and O–H groups in total. The molecule has 0 fully saturated rings. The van der Waals surface area contributed by atoms with Crippen molar-refractivity contribution >= 4 is 43.1 Å². The van der Waals surface area contributed by atoms with Gasteiger partial charge in [0.05, 0.1) is 0 Å². The fourth-order valence-electron chi connectivity index (χ4n) is 8.18. The predicted molar refractivity (Wildman–Crippen MR) is 224 cm³/mol. The summed E-state index contributed by atoms with van der Waals surface area (Å²) in [5.41, 5.74) is 12.3. The fraction of sp³-hybridized carbons (Fsp3) is 0. The molecule has 10 aromatic carbocycles. The van der Waals surface area contributed by atoms with E-state index in [1.807, 2.05) is 0 Å². The monoisotopic (exact) mass is 658 g/mol. The molecule has 0 unspecified atom stereocenters. The normalized spacial score (nSPS) is 11.5. The average molecular weight is 659 g/mol. The van der Waals surface area contributed by atoms with E-state index < -0.39 is 0 Å². The SMILES string of the molecule is c1ccc(-c2ccc3c(-c4ccc(-c5ccccc5)c5ccccc45)c4cc(-c5ccccc5)ccc4c(-c4ccc5ccccc5c4)c3c2)cc1. The van der Waals surface area contributed by atoms with E-state index in [4.69, 9.17) is 0 Å². The lowest BCUT2D eigenvalue weighted by molar-refractivity contribution is 1.62. The van der Waals surface area contributed by atoms with Crippen molar-refractivity contribution in [3.63, 3.8) is 0 Å². The van der Waals surface area contributed by atoms with Crippen molar-refractivity contribution < 1.29 is 0 Å². The van der Waals surface area contributed by atoms with Gasteiger partial charge < -0.3 is 0 Å². The first-order chi connectivity index (χ1) is 25.8. The van der Waals surface area contributed by atoms with Gasteiger partial charge in [-0.2, -0.15) is 0 Å². The first-order valence-electron chi connectivity index (χ1n) is 18.0. The van der Waals surface area contributed by atoms with Crippen molar-refractivity contribution in [3.05, 3.63) is 206 Å². The molecule has 0 heterocycles. The van der Waals surface area contributed by atoms with Crippen LogP contribution in [0.15, 0.2) is 206 Å². The highest BCUT2D eigenvalue weighted by molar-refractivity contribution is 6.25. The highest BCUT2D eigenvalue weighted by Gasteiger charge is 2.21. The summed E-state index contributed by atoms with van der Waals surface area (Å²) in [5.74, 6) is 0. The van der Waals surface area contributed by atoms with E-state index in [2.05, 4.69) is 206 Å². The van der Waals surface area contributed by atoms with Gasteiger partial charge in [-0.3, -0.25) is 0 Å². The van der Waals surface area contributed by atoms with Crippen LogP contribution in [-0.4, -0.2) is 0 Å². The largest absolute Gasteiger partial charge is 0.0622 e. The number of rotatable bonds is 5. The zero-order valence-corrected chi connectivity index (χ0v) is 28.6. The zero-order valence-electron chi connectivity index (χ0n) is 28.6. The van der Waals surface area contributed by atoms with Crippen molar-refractivity contribution in [2.45, 2.75) is 0 Å². The molecule has 0 aromatic heterocycles. The van der Waals surface area contributed by atoms with Gasteiger partial charge in [0.25, 0.3) is 0 Å². The molecule has 0 aliphatic heterocycles. The first kappa shape index (κ1) is 30.1. The number of fused-ring (bicyclic) bond motifs is 4. The Bertz CT molecular complexity index is 2920. The van der Waals surface area contributed by atoms with Gasteiger partial charge in [-0.05, 0) is 117 Å². The number of hydrogen-bond acceptors (Lipinski definition) is 0. The molecule has 0 aliphatic carbocycles.